The molecule has 2 rings (SSSR count). The van der Waals surface area contributed by atoms with Gasteiger partial charge in [0.15, 0.2) is 6.61 Å². The van der Waals surface area contributed by atoms with Crippen molar-refractivity contribution in [1.82, 2.24) is 4.72 Å². The van der Waals surface area contributed by atoms with Gasteiger partial charge in [0.2, 0.25) is 10.0 Å². The van der Waals surface area contributed by atoms with Crippen molar-refractivity contribution < 1.29 is 40.7 Å². The number of esters is 1. The number of benzene rings is 2. The highest BCUT2D eigenvalue weighted by atomic mass is 32.2. The number of carbonyl (C=O) groups excluding carboxylic acids is 2. The van der Waals surface area contributed by atoms with Crippen LogP contribution < -0.4 is 14.8 Å². The van der Waals surface area contributed by atoms with Crippen molar-refractivity contribution in [2.24, 2.45) is 0 Å². The average molecular weight is 446 g/mol. The first kappa shape index (κ1) is 23.2. The molecule has 2 aromatic carbocycles. The molecule has 0 bridgehead atoms. The maximum absolute atomic E-state index is 12.2. The van der Waals surface area contributed by atoms with E-state index in [1.807, 2.05) is 0 Å². The third-order valence-corrected chi connectivity index (χ3v) is 5.01. The predicted octanol–water partition coefficient (Wildman–Crippen LogP) is 2.43. The van der Waals surface area contributed by atoms with Gasteiger partial charge >= 0.3 is 12.3 Å². The quantitative estimate of drug-likeness (QED) is 0.603. The minimum Gasteiger partial charge on any atom is -0.454 e. The first-order valence-corrected chi connectivity index (χ1v) is 9.84. The molecule has 8 nitrogen and oxygen atoms in total. The number of hydrogen-bond acceptors (Lipinski definition) is 6. The second-order valence-electron chi connectivity index (χ2n) is 5.88. The van der Waals surface area contributed by atoms with Crippen molar-refractivity contribution >= 4 is 27.6 Å². The standard InChI is InChI=1S/C18H17F3N2O6S/c1-12(23-30(26,27)15-5-3-2-4-6-15)17(25)28-11-16(24)22-13-7-9-14(10-8-13)29-18(19,20)21/h2-10,12,23H,11H2,1H3,(H,22,24)/t12-/m0/s1. The third-order valence-electron chi connectivity index (χ3n) is 3.46. The van der Waals surface area contributed by atoms with Gasteiger partial charge in [-0.3, -0.25) is 9.59 Å². The minimum absolute atomic E-state index is 0.0413. The maximum atomic E-state index is 12.2. The first-order chi connectivity index (χ1) is 14.0. The monoisotopic (exact) mass is 446 g/mol. The number of rotatable bonds is 8. The Kier molecular flexibility index (Phi) is 7.40. The van der Waals surface area contributed by atoms with Crippen molar-refractivity contribution in [1.29, 1.82) is 0 Å². The summed E-state index contributed by atoms with van der Waals surface area (Å²) in [7, 11) is -3.95. The molecule has 2 aromatic rings. The molecule has 0 saturated carbocycles. The molecule has 0 aromatic heterocycles. The Morgan fingerprint density at radius 3 is 2.20 bits per heavy atom. The molecule has 1 atom stereocenters. The van der Waals surface area contributed by atoms with Crippen LogP contribution >= 0.6 is 0 Å². The highest BCUT2D eigenvalue weighted by molar-refractivity contribution is 7.89. The molecule has 0 heterocycles. The van der Waals surface area contributed by atoms with Gasteiger partial charge in [0, 0.05) is 5.69 Å². The van der Waals surface area contributed by atoms with Crippen LogP contribution in [-0.2, 0) is 24.3 Å². The molecule has 30 heavy (non-hydrogen) atoms. The zero-order chi connectivity index (χ0) is 22.4. The Morgan fingerprint density at radius 2 is 1.63 bits per heavy atom. The SMILES string of the molecule is C[C@H](NS(=O)(=O)c1ccccc1)C(=O)OCC(=O)Nc1ccc(OC(F)(F)F)cc1. The summed E-state index contributed by atoms with van der Waals surface area (Å²) in [6.07, 6.45) is -4.84. The van der Waals surface area contributed by atoms with Gasteiger partial charge in [0.05, 0.1) is 4.90 Å². The van der Waals surface area contributed by atoms with Crippen LogP contribution in [0.15, 0.2) is 59.5 Å². The summed E-state index contributed by atoms with van der Waals surface area (Å²) >= 11 is 0. The summed E-state index contributed by atoms with van der Waals surface area (Å²) in [4.78, 5) is 23.7. The van der Waals surface area contributed by atoms with Crippen LogP contribution in [-0.4, -0.2) is 39.3 Å². The Hall–Kier alpha value is -3.12. The van der Waals surface area contributed by atoms with Crippen molar-refractivity contribution in [3.05, 3.63) is 54.6 Å². The van der Waals surface area contributed by atoms with Gasteiger partial charge < -0.3 is 14.8 Å². The summed E-state index contributed by atoms with van der Waals surface area (Å²) in [6, 6.07) is 10.4. The number of hydrogen-bond donors (Lipinski definition) is 2. The van der Waals surface area contributed by atoms with Gasteiger partial charge in [0.1, 0.15) is 11.8 Å². The van der Waals surface area contributed by atoms with Gasteiger partial charge in [-0.25, -0.2) is 8.42 Å². The fourth-order valence-corrected chi connectivity index (χ4v) is 3.36. The van der Waals surface area contributed by atoms with E-state index in [-0.39, 0.29) is 10.6 Å². The molecular weight excluding hydrogens is 429 g/mol. The van der Waals surface area contributed by atoms with Crippen molar-refractivity contribution in [2.45, 2.75) is 24.2 Å². The number of amides is 1. The Labute approximate surface area is 170 Å². The fourth-order valence-electron chi connectivity index (χ4n) is 2.15. The zero-order valence-corrected chi connectivity index (χ0v) is 16.3. The highest BCUT2D eigenvalue weighted by Gasteiger charge is 2.31. The molecule has 0 aliphatic carbocycles. The molecule has 0 saturated heterocycles. The number of nitrogens with one attached hydrogen (secondary N) is 2. The molecule has 0 aliphatic heterocycles. The Morgan fingerprint density at radius 1 is 1.03 bits per heavy atom. The average Bonchev–Trinajstić information content (AvgIpc) is 2.67. The molecule has 1 amide bonds. The summed E-state index contributed by atoms with van der Waals surface area (Å²) in [5.41, 5.74) is 0.142. The summed E-state index contributed by atoms with van der Waals surface area (Å²) in [5.74, 6) is -2.23. The number of alkyl halides is 3. The Balaban J connectivity index is 1.83. The number of sulfonamides is 1. The highest BCUT2D eigenvalue weighted by Crippen LogP contribution is 2.23. The molecule has 2 N–H and O–H groups in total. The molecule has 0 spiro atoms. The van der Waals surface area contributed by atoms with E-state index < -0.39 is 46.7 Å². The first-order valence-electron chi connectivity index (χ1n) is 8.36. The van der Waals surface area contributed by atoms with Gasteiger partial charge in [-0.1, -0.05) is 18.2 Å². The zero-order valence-electron chi connectivity index (χ0n) is 15.5. The van der Waals surface area contributed by atoms with Gasteiger partial charge in [-0.15, -0.1) is 13.2 Å². The van der Waals surface area contributed by atoms with Crippen LogP contribution in [0.5, 0.6) is 5.75 Å². The van der Waals surface area contributed by atoms with E-state index in [1.165, 1.54) is 31.2 Å². The van der Waals surface area contributed by atoms with E-state index in [1.54, 1.807) is 6.07 Å². The molecular formula is C18H17F3N2O6S. The normalized spacial score (nSPS) is 12.7. The number of anilines is 1. The smallest absolute Gasteiger partial charge is 0.454 e. The third kappa shape index (κ3) is 7.37. The van der Waals surface area contributed by atoms with Crippen molar-refractivity contribution in [2.75, 3.05) is 11.9 Å². The lowest BCUT2D eigenvalue weighted by Crippen LogP contribution is -2.40. The van der Waals surface area contributed by atoms with Crippen molar-refractivity contribution in [3.63, 3.8) is 0 Å². The van der Waals surface area contributed by atoms with E-state index in [2.05, 4.69) is 14.8 Å². The van der Waals surface area contributed by atoms with Crippen LogP contribution in [0, 0.1) is 0 Å². The molecule has 0 fully saturated rings. The fraction of sp³-hybridized carbons (Fsp3) is 0.222. The predicted molar refractivity (Wildman–Crippen MR) is 98.9 cm³/mol. The second-order valence-corrected chi connectivity index (χ2v) is 7.60. The Bertz CT molecular complexity index is 979. The molecule has 0 unspecified atom stereocenters. The van der Waals surface area contributed by atoms with E-state index >= 15 is 0 Å². The van der Waals surface area contributed by atoms with Crippen LogP contribution in [0.3, 0.4) is 0 Å². The second kappa shape index (κ2) is 9.59. The summed E-state index contributed by atoms with van der Waals surface area (Å²) < 4.78 is 71.2. The topological polar surface area (TPSA) is 111 Å². The summed E-state index contributed by atoms with van der Waals surface area (Å²) in [5, 5.41) is 2.31. The van der Waals surface area contributed by atoms with Crippen LogP contribution in [0.2, 0.25) is 0 Å². The number of ether oxygens (including phenoxy) is 2. The lowest BCUT2D eigenvalue weighted by atomic mass is 10.3. The van der Waals surface area contributed by atoms with Crippen molar-refractivity contribution in [3.8, 4) is 5.75 Å². The maximum Gasteiger partial charge on any atom is 0.573 e. The lowest BCUT2D eigenvalue weighted by molar-refractivity contribution is -0.274. The lowest BCUT2D eigenvalue weighted by Gasteiger charge is -2.14. The van der Waals surface area contributed by atoms with Crippen LogP contribution in [0.25, 0.3) is 0 Å². The molecule has 0 radical (unpaired) electrons. The summed E-state index contributed by atoms with van der Waals surface area (Å²) in [6.45, 7) is 0.525. The minimum atomic E-state index is -4.84. The number of halogens is 3. The van der Waals surface area contributed by atoms with Crippen LogP contribution in [0.1, 0.15) is 6.92 Å². The largest absolute Gasteiger partial charge is 0.573 e. The van der Waals surface area contributed by atoms with E-state index in [9.17, 15) is 31.2 Å². The van der Waals surface area contributed by atoms with Gasteiger partial charge in [-0.05, 0) is 43.3 Å². The molecule has 12 heteroatoms. The van der Waals surface area contributed by atoms with E-state index in [0.717, 1.165) is 24.3 Å². The van der Waals surface area contributed by atoms with E-state index in [4.69, 9.17) is 4.74 Å². The molecule has 0 aliphatic rings. The number of carbonyl (C=O) groups is 2. The van der Waals surface area contributed by atoms with Crippen LogP contribution in [0.4, 0.5) is 18.9 Å². The van der Waals surface area contributed by atoms with Gasteiger partial charge in [0.25, 0.3) is 5.91 Å². The van der Waals surface area contributed by atoms with Gasteiger partial charge in [-0.2, -0.15) is 4.72 Å². The van der Waals surface area contributed by atoms with E-state index in [0.29, 0.717) is 0 Å². The molecule has 162 valence electrons.